The van der Waals surface area contributed by atoms with Crippen LogP contribution in [0.5, 0.6) is 0 Å². The predicted molar refractivity (Wildman–Crippen MR) is 76.2 cm³/mol. The molecule has 0 bridgehead atoms. The lowest BCUT2D eigenvalue weighted by Gasteiger charge is -2.10. The van der Waals surface area contributed by atoms with Crippen molar-refractivity contribution in [1.29, 1.82) is 0 Å². The molecule has 0 aliphatic heterocycles. The Bertz CT molecular complexity index is 588. The molecule has 98 valence electrons. The number of nitrogens with one attached hydrogen (secondary N) is 1. The van der Waals surface area contributed by atoms with Crippen molar-refractivity contribution in [2.24, 2.45) is 0 Å². The smallest absolute Gasteiger partial charge is 0.255 e. The van der Waals surface area contributed by atoms with Gasteiger partial charge in [-0.1, -0.05) is 24.3 Å². The van der Waals surface area contributed by atoms with Crippen LogP contribution in [0.15, 0.2) is 42.5 Å². The number of carbonyl (C=O) groups is 1. The number of aryl methyl sites for hydroxylation is 1. The summed E-state index contributed by atoms with van der Waals surface area (Å²) in [5.74, 6) is -0.141. The molecule has 1 amide bonds. The van der Waals surface area contributed by atoms with Gasteiger partial charge < -0.3 is 10.4 Å². The first-order valence-corrected chi connectivity index (χ1v) is 6.19. The minimum Gasteiger partial charge on any atom is -0.392 e. The van der Waals surface area contributed by atoms with E-state index >= 15 is 0 Å². The topological polar surface area (TPSA) is 49.3 Å². The number of aliphatic hydroxyl groups excluding tert-OH is 1. The van der Waals surface area contributed by atoms with E-state index in [2.05, 4.69) is 5.32 Å². The van der Waals surface area contributed by atoms with Crippen LogP contribution in [0.3, 0.4) is 0 Å². The lowest BCUT2D eigenvalue weighted by atomic mass is 10.1. The molecule has 0 radical (unpaired) electrons. The number of amides is 1. The molecule has 0 saturated carbocycles. The Balaban J connectivity index is 2.18. The molecule has 0 fully saturated rings. The van der Waals surface area contributed by atoms with Crippen LogP contribution in [0.2, 0.25) is 0 Å². The standard InChI is InChI=1S/C16H17NO2/c1-11-4-3-5-15(12(11)2)17-16(19)14-8-6-13(10-18)7-9-14/h3-9,18H,10H2,1-2H3,(H,17,19). The number of rotatable bonds is 3. The molecule has 0 atom stereocenters. The van der Waals surface area contributed by atoms with Crippen LogP contribution in [0.25, 0.3) is 0 Å². The summed E-state index contributed by atoms with van der Waals surface area (Å²) < 4.78 is 0. The third-order valence-electron chi connectivity index (χ3n) is 3.25. The van der Waals surface area contributed by atoms with Crippen molar-refractivity contribution in [3.63, 3.8) is 0 Å². The van der Waals surface area contributed by atoms with Gasteiger partial charge in [0.25, 0.3) is 5.91 Å². The third-order valence-corrected chi connectivity index (χ3v) is 3.25. The second-order valence-corrected chi connectivity index (χ2v) is 4.56. The molecule has 0 aromatic heterocycles. The number of hydrogen-bond donors (Lipinski definition) is 2. The van der Waals surface area contributed by atoms with E-state index in [0.29, 0.717) is 5.56 Å². The first-order valence-electron chi connectivity index (χ1n) is 6.19. The minimum absolute atomic E-state index is 0.0150. The van der Waals surface area contributed by atoms with Crippen LogP contribution in [-0.4, -0.2) is 11.0 Å². The van der Waals surface area contributed by atoms with Crippen LogP contribution in [-0.2, 0) is 6.61 Å². The van der Waals surface area contributed by atoms with Crippen molar-refractivity contribution in [3.05, 3.63) is 64.7 Å². The van der Waals surface area contributed by atoms with E-state index < -0.39 is 0 Å². The first-order chi connectivity index (χ1) is 9.11. The summed E-state index contributed by atoms with van der Waals surface area (Å²) >= 11 is 0. The number of carbonyl (C=O) groups excluding carboxylic acids is 1. The molecule has 0 saturated heterocycles. The minimum atomic E-state index is -0.141. The molecule has 3 nitrogen and oxygen atoms in total. The highest BCUT2D eigenvalue weighted by Gasteiger charge is 2.08. The maximum absolute atomic E-state index is 12.1. The van der Waals surface area contributed by atoms with Gasteiger partial charge in [-0.05, 0) is 48.7 Å². The Kier molecular flexibility index (Phi) is 3.97. The normalized spacial score (nSPS) is 10.3. The number of hydrogen-bond acceptors (Lipinski definition) is 2. The largest absolute Gasteiger partial charge is 0.392 e. The fourth-order valence-electron chi connectivity index (χ4n) is 1.84. The molecule has 2 N–H and O–H groups in total. The summed E-state index contributed by atoms with van der Waals surface area (Å²) in [5, 5.41) is 11.9. The highest BCUT2D eigenvalue weighted by molar-refractivity contribution is 6.04. The average Bonchev–Trinajstić information content (AvgIpc) is 2.44. The lowest BCUT2D eigenvalue weighted by Crippen LogP contribution is -2.13. The lowest BCUT2D eigenvalue weighted by molar-refractivity contribution is 0.102. The zero-order chi connectivity index (χ0) is 13.8. The molecular weight excluding hydrogens is 238 g/mol. The Hall–Kier alpha value is -2.13. The van der Waals surface area contributed by atoms with E-state index in [1.54, 1.807) is 24.3 Å². The van der Waals surface area contributed by atoms with Crippen molar-refractivity contribution in [2.75, 3.05) is 5.32 Å². The van der Waals surface area contributed by atoms with Gasteiger partial charge in [-0.25, -0.2) is 0 Å². The molecule has 0 aliphatic carbocycles. The number of aliphatic hydroxyl groups is 1. The second-order valence-electron chi connectivity index (χ2n) is 4.56. The summed E-state index contributed by atoms with van der Waals surface area (Å²) in [4.78, 5) is 12.1. The van der Waals surface area contributed by atoms with E-state index in [0.717, 1.165) is 22.4 Å². The summed E-state index contributed by atoms with van der Waals surface area (Å²) in [5.41, 5.74) is 4.42. The quantitative estimate of drug-likeness (QED) is 0.885. The van der Waals surface area contributed by atoms with Crippen LogP contribution in [0, 0.1) is 13.8 Å². The SMILES string of the molecule is Cc1cccc(NC(=O)c2ccc(CO)cc2)c1C. The van der Waals surface area contributed by atoms with Gasteiger partial charge in [-0.15, -0.1) is 0 Å². The molecule has 2 aromatic rings. The van der Waals surface area contributed by atoms with Crippen LogP contribution >= 0.6 is 0 Å². The van der Waals surface area contributed by atoms with Gasteiger partial charge in [0.1, 0.15) is 0 Å². The monoisotopic (exact) mass is 255 g/mol. The maximum atomic E-state index is 12.1. The molecule has 2 rings (SSSR count). The Morgan fingerprint density at radius 3 is 2.42 bits per heavy atom. The van der Waals surface area contributed by atoms with Crippen molar-refractivity contribution < 1.29 is 9.90 Å². The van der Waals surface area contributed by atoms with Crippen molar-refractivity contribution >= 4 is 11.6 Å². The highest BCUT2D eigenvalue weighted by Crippen LogP contribution is 2.19. The van der Waals surface area contributed by atoms with E-state index in [9.17, 15) is 4.79 Å². The number of anilines is 1. The van der Waals surface area contributed by atoms with Crippen molar-refractivity contribution in [3.8, 4) is 0 Å². The average molecular weight is 255 g/mol. The molecule has 0 aliphatic rings. The van der Waals surface area contributed by atoms with Gasteiger partial charge in [0, 0.05) is 11.3 Å². The van der Waals surface area contributed by atoms with Crippen LogP contribution in [0.4, 0.5) is 5.69 Å². The summed E-state index contributed by atoms with van der Waals surface area (Å²) in [7, 11) is 0. The molecule has 19 heavy (non-hydrogen) atoms. The van der Waals surface area contributed by atoms with Gasteiger partial charge in [-0.2, -0.15) is 0 Å². The van der Waals surface area contributed by atoms with Gasteiger partial charge in [0.15, 0.2) is 0 Å². The van der Waals surface area contributed by atoms with E-state index in [1.165, 1.54) is 0 Å². The highest BCUT2D eigenvalue weighted by atomic mass is 16.3. The van der Waals surface area contributed by atoms with Gasteiger partial charge in [0.2, 0.25) is 0 Å². The summed E-state index contributed by atoms with van der Waals surface area (Å²) in [6.07, 6.45) is 0. The summed E-state index contributed by atoms with van der Waals surface area (Å²) in [6.45, 7) is 3.99. The van der Waals surface area contributed by atoms with Crippen LogP contribution in [0.1, 0.15) is 27.0 Å². The molecule has 0 unspecified atom stereocenters. The molecule has 0 spiro atoms. The Morgan fingerprint density at radius 2 is 1.79 bits per heavy atom. The zero-order valence-electron chi connectivity index (χ0n) is 11.1. The first kappa shape index (κ1) is 13.3. The van der Waals surface area contributed by atoms with Crippen LogP contribution < -0.4 is 5.32 Å². The molecule has 0 heterocycles. The maximum Gasteiger partial charge on any atom is 0.255 e. The Morgan fingerprint density at radius 1 is 1.11 bits per heavy atom. The Labute approximate surface area is 112 Å². The van der Waals surface area contributed by atoms with E-state index in [1.807, 2.05) is 32.0 Å². The van der Waals surface area contributed by atoms with Crippen molar-refractivity contribution in [1.82, 2.24) is 0 Å². The number of benzene rings is 2. The molecule has 3 heteroatoms. The molecular formula is C16H17NO2. The fourth-order valence-corrected chi connectivity index (χ4v) is 1.84. The van der Waals surface area contributed by atoms with E-state index in [-0.39, 0.29) is 12.5 Å². The predicted octanol–water partition coefficient (Wildman–Crippen LogP) is 3.05. The van der Waals surface area contributed by atoms with Gasteiger partial charge >= 0.3 is 0 Å². The van der Waals surface area contributed by atoms with E-state index in [4.69, 9.17) is 5.11 Å². The third kappa shape index (κ3) is 3.01. The summed E-state index contributed by atoms with van der Waals surface area (Å²) in [6, 6.07) is 12.8. The fraction of sp³-hybridized carbons (Fsp3) is 0.188. The van der Waals surface area contributed by atoms with Crippen molar-refractivity contribution in [2.45, 2.75) is 20.5 Å². The second kappa shape index (κ2) is 5.67. The molecule has 2 aromatic carbocycles. The van der Waals surface area contributed by atoms with Gasteiger partial charge in [-0.3, -0.25) is 4.79 Å². The zero-order valence-corrected chi connectivity index (χ0v) is 11.1. The van der Waals surface area contributed by atoms with Gasteiger partial charge in [0.05, 0.1) is 6.61 Å².